The molecule has 0 N–H and O–H groups in total. The molecule has 0 fully saturated rings. The molecule has 0 aromatic rings. The van der Waals surface area contributed by atoms with Crippen molar-refractivity contribution < 1.29 is 25.8 Å². The van der Waals surface area contributed by atoms with E-state index in [0.29, 0.717) is 18.4 Å². The van der Waals surface area contributed by atoms with Gasteiger partial charge in [0.1, 0.15) is 5.76 Å². The maximum Gasteiger partial charge on any atom is 0.534 e. The number of rotatable bonds is 4. The summed E-state index contributed by atoms with van der Waals surface area (Å²) in [6.07, 6.45) is 6.58. The summed E-state index contributed by atoms with van der Waals surface area (Å²) >= 11 is 0. The third-order valence-electron chi connectivity index (χ3n) is 2.39. The van der Waals surface area contributed by atoms with Crippen LogP contribution in [0.5, 0.6) is 0 Å². The largest absolute Gasteiger partial charge is 0.534 e. The van der Waals surface area contributed by atoms with Gasteiger partial charge in [-0.25, -0.2) is 0 Å². The van der Waals surface area contributed by atoms with Gasteiger partial charge in [-0.1, -0.05) is 24.8 Å². The van der Waals surface area contributed by atoms with Crippen molar-refractivity contribution in [3.8, 4) is 0 Å². The topological polar surface area (TPSA) is 43.4 Å². The molecule has 0 saturated heterocycles. The summed E-state index contributed by atoms with van der Waals surface area (Å²) in [6, 6.07) is 0. The first-order chi connectivity index (χ1) is 8.28. The van der Waals surface area contributed by atoms with E-state index in [1.165, 1.54) is 18.2 Å². The van der Waals surface area contributed by atoms with E-state index in [0.717, 1.165) is 6.42 Å². The Kier molecular flexibility index (Phi) is 4.61. The molecule has 1 rings (SSSR count). The zero-order chi connectivity index (χ0) is 13.8. The molecule has 0 unspecified atom stereocenters. The second-order valence-corrected chi connectivity index (χ2v) is 5.27. The van der Waals surface area contributed by atoms with Gasteiger partial charge in [0.15, 0.2) is 0 Å². The minimum atomic E-state index is -5.57. The summed E-state index contributed by atoms with van der Waals surface area (Å²) in [5.41, 5.74) is -4.93. The number of halogens is 3. The summed E-state index contributed by atoms with van der Waals surface area (Å²) in [7, 11) is -5.57. The first-order valence-electron chi connectivity index (χ1n) is 5.30. The molecule has 1 aliphatic carbocycles. The third-order valence-corrected chi connectivity index (χ3v) is 3.37. The number of hydrogen-bond acceptors (Lipinski definition) is 3. The first-order valence-corrected chi connectivity index (χ1v) is 6.70. The van der Waals surface area contributed by atoms with E-state index in [2.05, 4.69) is 10.8 Å². The van der Waals surface area contributed by atoms with E-state index >= 15 is 0 Å². The number of alkyl halides is 3. The minimum absolute atomic E-state index is 0.128. The molecule has 7 heteroatoms. The fraction of sp³-hybridized carbons (Fsp3) is 0.455. The molecular formula is C11H13F3O3S. The van der Waals surface area contributed by atoms with Crippen LogP contribution in [0.25, 0.3) is 0 Å². The molecule has 0 aromatic heterocycles. The smallest absolute Gasteiger partial charge is 0.380 e. The Morgan fingerprint density at radius 2 is 1.83 bits per heavy atom. The Bertz CT molecular complexity index is 472. The monoisotopic (exact) mass is 282 g/mol. The van der Waals surface area contributed by atoms with Crippen LogP contribution in [0.1, 0.15) is 25.7 Å². The molecule has 1 aliphatic rings. The summed E-state index contributed by atoms with van der Waals surface area (Å²) in [6.45, 7) is 3.44. The van der Waals surface area contributed by atoms with Crippen molar-refractivity contribution in [2.45, 2.75) is 31.2 Å². The van der Waals surface area contributed by atoms with Crippen molar-refractivity contribution in [2.75, 3.05) is 0 Å². The van der Waals surface area contributed by atoms with Crippen LogP contribution in [0.2, 0.25) is 0 Å². The van der Waals surface area contributed by atoms with Crippen molar-refractivity contribution in [1.82, 2.24) is 0 Å². The second-order valence-electron chi connectivity index (χ2n) is 3.73. The normalized spacial score (nSPS) is 18.2. The van der Waals surface area contributed by atoms with E-state index in [9.17, 15) is 21.6 Å². The molecule has 0 aliphatic heterocycles. The van der Waals surface area contributed by atoms with Crippen LogP contribution in [0.3, 0.4) is 0 Å². The highest BCUT2D eigenvalue weighted by atomic mass is 32.2. The summed E-state index contributed by atoms with van der Waals surface area (Å²) < 4.78 is 62.6. The highest BCUT2D eigenvalue weighted by Crippen LogP contribution is 2.32. The molecule has 0 atom stereocenters. The lowest BCUT2D eigenvalue weighted by molar-refractivity contribution is -0.0524. The van der Waals surface area contributed by atoms with Crippen molar-refractivity contribution in [3.63, 3.8) is 0 Å². The van der Waals surface area contributed by atoms with Crippen LogP contribution in [-0.4, -0.2) is 13.9 Å². The molecule has 102 valence electrons. The highest BCUT2D eigenvalue weighted by molar-refractivity contribution is 7.87. The van der Waals surface area contributed by atoms with Gasteiger partial charge in [-0.3, -0.25) is 0 Å². The van der Waals surface area contributed by atoms with Crippen molar-refractivity contribution in [1.29, 1.82) is 0 Å². The van der Waals surface area contributed by atoms with E-state index < -0.39 is 15.6 Å². The third kappa shape index (κ3) is 3.63. The minimum Gasteiger partial charge on any atom is -0.380 e. The maximum absolute atomic E-state index is 12.2. The highest BCUT2D eigenvalue weighted by Gasteiger charge is 2.49. The lowest BCUT2D eigenvalue weighted by Gasteiger charge is -2.19. The van der Waals surface area contributed by atoms with Crippen molar-refractivity contribution in [2.24, 2.45) is 0 Å². The SMILES string of the molecule is C=C/C=C/C1=C(OS(=O)(=O)C(F)(F)F)CCCC1. The lowest BCUT2D eigenvalue weighted by atomic mass is 9.97. The molecule has 0 amide bonds. The standard InChI is InChI=1S/C11H13F3O3S/c1-2-3-6-9-7-4-5-8-10(9)17-18(15,16)11(12,13)14/h2-3,6H,1,4-5,7-8H2/b6-3+. The lowest BCUT2D eigenvalue weighted by Crippen LogP contribution is -2.26. The van der Waals surface area contributed by atoms with Crippen LogP contribution < -0.4 is 0 Å². The van der Waals surface area contributed by atoms with Gasteiger partial charge in [-0.2, -0.15) is 21.6 Å². The average Bonchev–Trinajstić information content (AvgIpc) is 2.26. The number of hydrogen-bond donors (Lipinski definition) is 0. The Morgan fingerprint density at radius 1 is 1.22 bits per heavy atom. The Labute approximate surface area is 104 Å². The van der Waals surface area contributed by atoms with Crippen LogP contribution in [0.4, 0.5) is 13.2 Å². The van der Waals surface area contributed by atoms with E-state index in [-0.39, 0.29) is 12.2 Å². The van der Waals surface area contributed by atoms with Crippen LogP contribution in [0.15, 0.2) is 36.1 Å². The van der Waals surface area contributed by atoms with Gasteiger partial charge in [0.2, 0.25) is 0 Å². The molecule has 0 spiro atoms. The zero-order valence-corrected chi connectivity index (χ0v) is 10.4. The summed E-state index contributed by atoms with van der Waals surface area (Å²) in [4.78, 5) is 0. The zero-order valence-electron chi connectivity index (χ0n) is 9.53. The molecule has 3 nitrogen and oxygen atoms in total. The second kappa shape index (κ2) is 5.60. The molecular weight excluding hydrogens is 269 g/mol. The predicted octanol–water partition coefficient (Wildman–Crippen LogP) is 3.42. The van der Waals surface area contributed by atoms with Crippen molar-refractivity contribution >= 4 is 10.1 Å². The Balaban J connectivity index is 3.02. The van der Waals surface area contributed by atoms with E-state index in [1.54, 1.807) is 0 Å². The van der Waals surface area contributed by atoms with Gasteiger partial charge in [-0.05, 0) is 24.8 Å². The van der Waals surface area contributed by atoms with E-state index in [1.807, 2.05) is 0 Å². The summed E-state index contributed by atoms with van der Waals surface area (Å²) in [5.74, 6) is -0.128. The Hall–Kier alpha value is -1.24. The van der Waals surface area contributed by atoms with Crippen LogP contribution >= 0.6 is 0 Å². The predicted molar refractivity (Wildman–Crippen MR) is 60.9 cm³/mol. The fourth-order valence-electron chi connectivity index (χ4n) is 1.54. The average molecular weight is 282 g/mol. The quantitative estimate of drug-likeness (QED) is 0.451. The van der Waals surface area contributed by atoms with E-state index in [4.69, 9.17) is 0 Å². The molecule has 0 bridgehead atoms. The van der Waals surface area contributed by atoms with Gasteiger partial charge in [0.05, 0.1) is 0 Å². The van der Waals surface area contributed by atoms with Crippen LogP contribution in [0, 0.1) is 0 Å². The van der Waals surface area contributed by atoms with Gasteiger partial charge in [-0.15, -0.1) is 0 Å². The van der Waals surface area contributed by atoms with Crippen molar-refractivity contribution in [3.05, 3.63) is 36.1 Å². The van der Waals surface area contributed by atoms with Crippen LogP contribution in [-0.2, 0) is 14.3 Å². The molecule has 0 saturated carbocycles. The van der Waals surface area contributed by atoms with Gasteiger partial charge in [0.25, 0.3) is 0 Å². The molecule has 0 radical (unpaired) electrons. The fourth-order valence-corrected chi connectivity index (χ4v) is 2.09. The maximum atomic E-state index is 12.2. The summed E-state index contributed by atoms with van der Waals surface area (Å²) in [5, 5.41) is 0. The van der Waals surface area contributed by atoms with Gasteiger partial charge < -0.3 is 4.18 Å². The van der Waals surface area contributed by atoms with Gasteiger partial charge >= 0.3 is 15.6 Å². The molecule has 18 heavy (non-hydrogen) atoms. The van der Waals surface area contributed by atoms with Gasteiger partial charge in [0, 0.05) is 6.42 Å². The molecule has 0 heterocycles. The first kappa shape index (κ1) is 14.8. The Morgan fingerprint density at radius 3 is 2.39 bits per heavy atom. The number of allylic oxidation sites excluding steroid dienone is 5. The molecule has 0 aromatic carbocycles.